The number of nitrogens with zero attached hydrogens (tertiary/aromatic N) is 3. The van der Waals surface area contributed by atoms with E-state index in [1.165, 1.54) is 16.9 Å². The molecular weight excluding hydrogens is 234 g/mol. The molecule has 2 heterocycles. The fourth-order valence-electron chi connectivity index (χ4n) is 1.62. The SMILES string of the molecule is CC(=O)OCOn1on1N1CCCC1C(=O)O. The lowest BCUT2D eigenvalue weighted by molar-refractivity contribution is -0.156. The highest BCUT2D eigenvalue weighted by Gasteiger charge is 2.36. The van der Waals surface area contributed by atoms with Gasteiger partial charge >= 0.3 is 11.9 Å². The van der Waals surface area contributed by atoms with E-state index >= 15 is 0 Å². The highest BCUT2D eigenvalue weighted by atomic mass is 17.0. The van der Waals surface area contributed by atoms with Gasteiger partial charge in [-0.1, -0.05) is 0 Å². The lowest BCUT2D eigenvalue weighted by Gasteiger charge is -2.15. The van der Waals surface area contributed by atoms with Gasteiger partial charge in [-0.05, 0) is 12.8 Å². The highest BCUT2D eigenvalue weighted by Crippen LogP contribution is 2.17. The zero-order valence-corrected chi connectivity index (χ0v) is 9.24. The predicted molar refractivity (Wildman–Crippen MR) is 51.6 cm³/mol. The Morgan fingerprint density at radius 2 is 2.29 bits per heavy atom. The third-order valence-corrected chi connectivity index (χ3v) is 2.41. The van der Waals surface area contributed by atoms with Gasteiger partial charge in [0.25, 0.3) is 6.79 Å². The van der Waals surface area contributed by atoms with Crippen molar-refractivity contribution in [2.24, 2.45) is 0 Å². The Bertz CT molecular complexity index is 405. The van der Waals surface area contributed by atoms with Crippen LogP contribution in [0.4, 0.5) is 0 Å². The number of hydrogen-bond donors (Lipinski definition) is 1. The van der Waals surface area contributed by atoms with Crippen molar-refractivity contribution < 1.29 is 28.9 Å². The minimum atomic E-state index is -0.905. The molecule has 1 aliphatic rings. The first-order valence-corrected chi connectivity index (χ1v) is 5.13. The summed E-state index contributed by atoms with van der Waals surface area (Å²) >= 11 is 0. The number of esters is 1. The molecule has 1 saturated heterocycles. The van der Waals surface area contributed by atoms with Gasteiger partial charge in [0.15, 0.2) is 0 Å². The Balaban J connectivity index is 1.84. The number of hydrogen-bond acceptors (Lipinski definition) is 6. The summed E-state index contributed by atoms with van der Waals surface area (Å²) in [4.78, 5) is 27.4. The van der Waals surface area contributed by atoms with Crippen molar-refractivity contribution in [2.45, 2.75) is 25.8 Å². The van der Waals surface area contributed by atoms with Gasteiger partial charge in [0.1, 0.15) is 11.1 Å². The number of carboxylic acids is 1. The Kier molecular flexibility index (Phi) is 2.98. The van der Waals surface area contributed by atoms with Crippen LogP contribution >= 0.6 is 0 Å². The van der Waals surface area contributed by atoms with E-state index in [4.69, 9.17) is 14.6 Å². The molecule has 9 heteroatoms. The second-order valence-electron chi connectivity index (χ2n) is 3.61. The van der Waals surface area contributed by atoms with Crippen molar-refractivity contribution in [1.29, 1.82) is 0 Å². The molecule has 0 aliphatic carbocycles. The van der Waals surface area contributed by atoms with Crippen LogP contribution in [0.2, 0.25) is 0 Å². The molecule has 0 saturated carbocycles. The number of carbonyl (C=O) groups is 2. The van der Waals surface area contributed by atoms with Crippen LogP contribution in [0.25, 0.3) is 0 Å². The van der Waals surface area contributed by atoms with Gasteiger partial charge in [0, 0.05) is 13.5 Å². The summed E-state index contributed by atoms with van der Waals surface area (Å²) in [5.74, 6) is -1.37. The van der Waals surface area contributed by atoms with Gasteiger partial charge in [-0.3, -0.25) is 4.79 Å². The maximum atomic E-state index is 10.9. The monoisotopic (exact) mass is 247 g/mol. The molecule has 0 amide bonds. The normalized spacial score (nSPS) is 19.6. The molecular formula is C8H13N3O6. The van der Waals surface area contributed by atoms with Crippen molar-refractivity contribution >= 4 is 11.9 Å². The van der Waals surface area contributed by atoms with E-state index in [0.29, 0.717) is 13.0 Å². The molecule has 1 N–H and O–H groups in total. The molecule has 1 fully saturated rings. The first kappa shape index (κ1) is 11.4. The maximum Gasteiger partial charge on any atom is 0.328 e. The molecule has 0 spiro atoms. The van der Waals surface area contributed by atoms with Crippen LogP contribution in [0.3, 0.4) is 0 Å². The summed E-state index contributed by atoms with van der Waals surface area (Å²) in [5.41, 5.74) is 0. The molecule has 1 atom stereocenters. The summed E-state index contributed by atoms with van der Waals surface area (Å²) < 4.78 is 9.41. The van der Waals surface area contributed by atoms with Gasteiger partial charge in [0.05, 0.1) is 4.96 Å². The molecule has 0 bridgehead atoms. The Labute approximate surface area is 95.9 Å². The van der Waals surface area contributed by atoms with Crippen LogP contribution in [-0.4, -0.2) is 46.4 Å². The molecule has 96 valence electrons. The second-order valence-corrected chi connectivity index (χ2v) is 3.61. The maximum absolute atomic E-state index is 10.9. The van der Waals surface area contributed by atoms with Crippen LogP contribution in [0, 0.1) is 0 Å². The fraction of sp³-hybridized carbons (Fsp3) is 0.750. The largest absolute Gasteiger partial charge is 0.480 e. The molecule has 9 nitrogen and oxygen atoms in total. The average molecular weight is 247 g/mol. The van der Waals surface area contributed by atoms with Gasteiger partial charge in [0.2, 0.25) is 0 Å². The van der Waals surface area contributed by atoms with Crippen LogP contribution in [0.1, 0.15) is 19.8 Å². The van der Waals surface area contributed by atoms with E-state index in [-0.39, 0.29) is 6.79 Å². The molecule has 0 aromatic carbocycles. The summed E-state index contributed by atoms with van der Waals surface area (Å²) in [5, 5.41) is 11.4. The predicted octanol–water partition coefficient (Wildman–Crippen LogP) is -0.983. The fourth-order valence-corrected chi connectivity index (χ4v) is 1.62. The number of aromatic nitrogens is 2. The topological polar surface area (TPSA) is 99.1 Å². The van der Waals surface area contributed by atoms with Gasteiger partial charge in [-0.15, -0.1) is 0 Å². The van der Waals surface area contributed by atoms with E-state index in [1.54, 1.807) is 0 Å². The van der Waals surface area contributed by atoms with Crippen LogP contribution in [0.15, 0.2) is 4.63 Å². The quantitative estimate of drug-likeness (QED) is 0.527. The van der Waals surface area contributed by atoms with Crippen LogP contribution < -0.4 is 9.85 Å². The standard InChI is InChI=1S/C8H13N3O6/c1-6(12)15-5-16-11-10(17-11)9-4-2-3-7(9)8(13)14/h7H,2-5H2,1H3,(H,13,14). The molecule has 17 heavy (non-hydrogen) atoms. The van der Waals surface area contributed by atoms with Gasteiger partial charge in [-0.2, -0.15) is 4.63 Å². The summed E-state index contributed by atoms with van der Waals surface area (Å²) in [7, 11) is 0. The third kappa shape index (κ3) is 2.55. The number of ether oxygens (including phenoxy) is 1. The van der Waals surface area contributed by atoms with Crippen molar-refractivity contribution in [3.05, 3.63) is 0 Å². The first-order valence-electron chi connectivity index (χ1n) is 5.13. The van der Waals surface area contributed by atoms with Crippen LogP contribution in [-0.2, 0) is 14.3 Å². The lowest BCUT2D eigenvalue weighted by atomic mass is 10.2. The minimum absolute atomic E-state index is 0.280. The average Bonchev–Trinajstić information content (AvgIpc) is 2.84. The number of aliphatic carboxylic acids is 1. The van der Waals surface area contributed by atoms with Gasteiger partial charge < -0.3 is 14.7 Å². The number of rotatable bonds is 5. The molecule has 1 aliphatic heterocycles. The van der Waals surface area contributed by atoms with E-state index in [9.17, 15) is 9.59 Å². The zero-order chi connectivity index (χ0) is 12.4. The highest BCUT2D eigenvalue weighted by molar-refractivity contribution is 5.75. The van der Waals surface area contributed by atoms with Gasteiger partial charge in [-0.25, -0.2) is 9.80 Å². The Hall–Kier alpha value is -2.06. The molecule has 0 radical (unpaired) electrons. The Morgan fingerprint density at radius 1 is 1.53 bits per heavy atom. The van der Waals surface area contributed by atoms with Crippen molar-refractivity contribution in [3.8, 4) is 0 Å². The van der Waals surface area contributed by atoms with E-state index < -0.39 is 18.0 Å². The lowest BCUT2D eigenvalue weighted by Crippen LogP contribution is -2.42. The Morgan fingerprint density at radius 3 is 2.94 bits per heavy atom. The summed E-state index contributed by atoms with van der Waals surface area (Å²) in [6, 6.07) is -0.614. The van der Waals surface area contributed by atoms with Crippen molar-refractivity contribution in [3.63, 3.8) is 0 Å². The third-order valence-electron chi connectivity index (χ3n) is 2.41. The summed E-state index contributed by atoms with van der Waals surface area (Å²) in [6.45, 7) is 1.55. The molecule has 1 aromatic rings. The molecule has 2 rings (SSSR count). The van der Waals surface area contributed by atoms with Crippen LogP contribution in [0.5, 0.6) is 0 Å². The van der Waals surface area contributed by atoms with Crippen molar-refractivity contribution in [1.82, 2.24) is 9.98 Å². The minimum Gasteiger partial charge on any atom is -0.480 e. The van der Waals surface area contributed by atoms with E-state index in [2.05, 4.69) is 4.74 Å². The zero-order valence-electron chi connectivity index (χ0n) is 9.24. The number of carboxylic acid groups (broad SMARTS) is 1. The number of carbonyl (C=O) groups excluding carboxylic acids is 1. The summed E-state index contributed by atoms with van der Waals surface area (Å²) in [6.07, 6.45) is 1.33. The smallest absolute Gasteiger partial charge is 0.328 e. The van der Waals surface area contributed by atoms with E-state index in [0.717, 1.165) is 11.4 Å². The molecule has 1 unspecified atom stereocenters. The second kappa shape index (κ2) is 4.44. The van der Waals surface area contributed by atoms with Crippen molar-refractivity contribution in [2.75, 3.05) is 18.3 Å². The molecule has 1 aromatic heterocycles. The first-order chi connectivity index (χ1) is 8.09. The van der Waals surface area contributed by atoms with E-state index in [1.807, 2.05) is 0 Å².